The van der Waals surface area contributed by atoms with E-state index in [9.17, 15) is 10.2 Å². The van der Waals surface area contributed by atoms with Crippen LogP contribution >= 0.6 is 0 Å². The molecule has 2 nitrogen and oxygen atoms in total. The first-order valence-electron chi connectivity index (χ1n) is 4.64. The van der Waals surface area contributed by atoms with Gasteiger partial charge in [0.25, 0.3) is 0 Å². The van der Waals surface area contributed by atoms with Gasteiger partial charge in [0.1, 0.15) is 0 Å². The number of hydrogen-bond acceptors (Lipinski definition) is 2. The van der Waals surface area contributed by atoms with E-state index < -0.39 is 12.2 Å². The Morgan fingerprint density at radius 1 is 1.38 bits per heavy atom. The fourth-order valence-electron chi connectivity index (χ4n) is 2.04. The molecule has 0 radical (unpaired) electrons. The Balaban J connectivity index is 2.32. The van der Waals surface area contributed by atoms with E-state index in [0.717, 1.165) is 12.0 Å². The van der Waals surface area contributed by atoms with E-state index in [1.54, 1.807) is 6.92 Å². The number of hydrogen-bond donors (Lipinski definition) is 2. The Morgan fingerprint density at radius 3 is 2.69 bits per heavy atom. The average Bonchev–Trinajstić information content (AvgIpc) is 2.45. The molecule has 0 heterocycles. The number of benzene rings is 1. The summed E-state index contributed by atoms with van der Waals surface area (Å²) in [4.78, 5) is 0. The van der Waals surface area contributed by atoms with Crippen molar-refractivity contribution in [2.75, 3.05) is 0 Å². The summed E-state index contributed by atoms with van der Waals surface area (Å²) in [6, 6.07) is 7.84. The zero-order chi connectivity index (χ0) is 9.42. The van der Waals surface area contributed by atoms with Crippen molar-refractivity contribution in [3.05, 3.63) is 35.4 Å². The molecule has 0 saturated heterocycles. The van der Waals surface area contributed by atoms with Crippen LogP contribution in [0.15, 0.2) is 24.3 Å². The third-order valence-corrected chi connectivity index (χ3v) is 2.85. The van der Waals surface area contributed by atoms with Gasteiger partial charge in [-0.1, -0.05) is 24.3 Å². The Kier molecular flexibility index (Phi) is 2.10. The minimum Gasteiger partial charge on any atom is -0.393 e. The summed E-state index contributed by atoms with van der Waals surface area (Å²) >= 11 is 0. The zero-order valence-electron chi connectivity index (χ0n) is 7.64. The van der Waals surface area contributed by atoms with Gasteiger partial charge in [-0.05, 0) is 24.5 Å². The SMILES string of the molecule is C[C@H](O)[C@@H]1Cc2ccccc2[C@@H]1O. The van der Waals surface area contributed by atoms with E-state index in [1.165, 1.54) is 5.56 Å². The minimum absolute atomic E-state index is 0.0302. The first-order valence-corrected chi connectivity index (χ1v) is 4.64. The van der Waals surface area contributed by atoms with Crippen molar-refractivity contribution in [2.45, 2.75) is 25.6 Å². The fraction of sp³-hybridized carbons (Fsp3) is 0.455. The van der Waals surface area contributed by atoms with Crippen molar-refractivity contribution in [1.82, 2.24) is 0 Å². The second-order valence-electron chi connectivity index (χ2n) is 3.75. The lowest BCUT2D eigenvalue weighted by Crippen LogP contribution is -2.20. The van der Waals surface area contributed by atoms with E-state index in [1.807, 2.05) is 24.3 Å². The topological polar surface area (TPSA) is 40.5 Å². The van der Waals surface area contributed by atoms with Crippen LogP contribution in [-0.4, -0.2) is 16.3 Å². The summed E-state index contributed by atoms with van der Waals surface area (Å²) in [5.41, 5.74) is 2.15. The molecule has 0 spiro atoms. The number of fused-ring (bicyclic) bond motifs is 1. The summed E-state index contributed by atoms with van der Waals surface area (Å²) in [5.74, 6) is -0.0302. The number of aliphatic hydroxyl groups excluding tert-OH is 2. The molecule has 0 saturated carbocycles. The molecule has 1 aromatic rings. The highest BCUT2D eigenvalue weighted by Crippen LogP contribution is 2.37. The predicted octanol–water partition coefficient (Wildman–Crippen LogP) is 1.27. The van der Waals surface area contributed by atoms with Gasteiger partial charge >= 0.3 is 0 Å². The first kappa shape index (κ1) is 8.73. The molecule has 1 aliphatic carbocycles. The third-order valence-electron chi connectivity index (χ3n) is 2.85. The molecule has 0 unspecified atom stereocenters. The smallest absolute Gasteiger partial charge is 0.0848 e. The van der Waals surface area contributed by atoms with Gasteiger partial charge < -0.3 is 10.2 Å². The molecule has 0 aromatic heterocycles. The minimum atomic E-state index is -0.490. The highest BCUT2D eigenvalue weighted by molar-refractivity contribution is 5.34. The molecule has 0 bridgehead atoms. The fourth-order valence-corrected chi connectivity index (χ4v) is 2.04. The van der Waals surface area contributed by atoms with Crippen LogP contribution in [0, 0.1) is 5.92 Å². The quantitative estimate of drug-likeness (QED) is 0.680. The van der Waals surface area contributed by atoms with Crippen LogP contribution in [0.4, 0.5) is 0 Å². The monoisotopic (exact) mass is 178 g/mol. The predicted molar refractivity (Wildman–Crippen MR) is 50.3 cm³/mol. The van der Waals surface area contributed by atoms with Crippen LogP contribution in [0.3, 0.4) is 0 Å². The van der Waals surface area contributed by atoms with Gasteiger partial charge in [0.05, 0.1) is 12.2 Å². The molecule has 2 rings (SSSR count). The molecule has 0 aliphatic heterocycles. The highest BCUT2D eigenvalue weighted by atomic mass is 16.3. The third kappa shape index (κ3) is 1.36. The van der Waals surface area contributed by atoms with E-state index >= 15 is 0 Å². The molecule has 1 aromatic carbocycles. The Labute approximate surface area is 77.8 Å². The van der Waals surface area contributed by atoms with Crippen LogP contribution < -0.4 is 0 Å². The molecule has 0 amide bonds. The Morgan fingerprint density at radius 2 is 2.08 bits per heavy atom. The van der Waals surface area contributed by atoms with Crippen molar-refractivity contribution < 1.29 is 10.2 Å². The first-order chi connectivity index (χ1) is 6.20. The van der Waals surface area contributed by atoms with Crippen molar-refractivity contribution in [1.29, 1.82) is 0 Å². The van der Waals surface area contributed by atoms with Crippen molar-refractivity contribution in [3.63, 3.8) is 0 Å². The molecular formula is C11H14O2. The normalized spacial score (nSPS) is 28.5. The lowest BCUT2D eigenvalue weighted by molar-refractivity contribution is 0.0325. The second kappa shape index (κ2) is 3.13. The van der Waals surface area contributed by atoms with E-state index in [0.29, 0.717) is 0 Å². The Bertz CT molecular complexity index is 307. The average molecular weight is 178 g/mol. The molecule has 2 heteroatoms. The summed E-state index contributed by atoms with van der Waals surface area (Å²) in [6.45, 7) is 1.74. The summed E-state index contributed by atoms with van der Waals surface area (Å²) in [5, 5.41) is 19.3. The molecule has 0 fully saturated rings. The van der Waals surface area contributed by atoms with Crippen LogP contribution in [0.2, 0.25) is 0 Å². The van der Waals surface area contributed by atoms with Gasteiger partial charge in [0.2, 0.25) is 0 Å². The Hall–Kier alpha value is -0.860. The second-order valence-corrected chi connectivity index (χ2v) is 3.75. The number of aliphatic hydroxyl groups is 2. The largest absolute Gasteiger partial charge is 0.393 e. The van der Waals surface area contributed by atoms with Gasteiger partial charge in [-0.2, -0.15) is 0 Å². The highest BCUT2D eigenvalue weighted by Gasteiger charge is 2.33. The van der Waals surface area contributed by atoms with Gasteiger partial charge in [0.15, 0.2) is 0 Å². The van der Waals surface area contributed by atoms with Crippen LogP contribution in [0.5, 0.6) is 0 Å². The molecular weight excluding hydrogens is 164 g/mol. The van der Waals surface area contributed by atoms with Gasteiger partial charge in [-0.15, -0.1) is 0 Å². The lowest BCUT2D eigenvalue weighted by atomic mass is 9.98. The maximum absolute atomic E-state index is 9.85. The summed E-state index contributed by atoms with van der Waals surface area (Å²) < 4.78 is 0. The molecule has 13 heavy (non-hydrogen) atoms. The van der Waals surface area contributed by atoms with Crippen LogP contribution in [0.1, 0.15) is 24.2 Å². The number of rotatable bonds is 1. The molecule has 3 atom stereocenters. The zero-order valence-corrected chi connectivity index (χ0v) is 7.64. The van der Waals surface area contributed by atoms with E-state index in [-0.39, 0.29) is 5.92 Å². The van der Waals surface area contributed by atoms with E-state index in [4.69, 9.17) is 0 Å². The van der Waals surface area contributed by atoms with Crippen molar-refractivity contribution in [3.8, 4) is 0 Å². The molecule has 70 valence electrons. The molecule has 2 N–H and O–H groups in total. The van der Waals surface area contributed by atoms with Crippen molar-refractivity contribution in [2.24, 2.45) is 5.92 Å². The summed E-state index contributed by atoms with van der Waals surface area (Å²) in [6.07, 6.45) is -0.145. The van der Waals surface area contributed by atoms with Crippen molar-refractivity contribution >= 4 is 0 Å². The standard InChI is InChI=1S/C11H14O2/c1-7(12)10-6-8-4-2-3-5-9(8)11(10)13/h2-5,7,10-13H,6H2,1H3/t7-,10-,11-/m0/s1. The molecule has 1 aliphatic rings. The van der Waals surface area contributed by atoms with Crippen LogP contribution in [0.25, 0.3) is 0 Å². The van der Waals surface area contributed by atoms with Gasteiger partial charge in [0, 0.05) is 5.92 Å². The van der Waals surface area contributed by atoms with Gasteiger partial charge in [-0.25, -0.2) is 0 Å². The van der Waals surface area contributed by atoms with Gasteiger partial charge in [-0.3, -0.25) is 0 Å². The lowest BCUT2D eigenvalue weighted by Gasteiger charge is -2.17. The van der Waals surface area contributed by atoms with E-state index in [2.05, 4.69) is 0 Å². The summed E-state index contributed by atoms with van der Waals surface area (Å²) in [7, 11) is 0. The maximum Gasteiger partial charge on any atom is 0.0848 e. The maximum atomic E-state index is 9.85. The van der Waals surface area contributed by atoms with Crippen LogP contribution in [-0.2, 0) is 6.42 Å².